The first kappa shape index (κ1) is 17.2. The molecule has 3 aliphatic rings. The van der Waals surface area contributed by atoms with Gasteiger partial charge in [0.25, 0.3) is 5.91 Å². The fourth-order valence-corrected chi connectivity index (χ4v) is 5.56. The van der Waals surface area contributed by atoms with Gasteiger partial charge in [0, 0.05) is 5.54 Å². The number of amides is 1. The Hall–Kier alpha value is -0.610. The Morgan fingerprint density at radius 2 is 1.83 bits per heavy atom. The lowest BCUT2D eigenvalue weighted by Gasteiger charge is -2.48. The summed E-state index contributed by atoms with van der Waals surface area (Å²) in [6.45, 7) is 12.6. The highest BCUT2D eigenvalue weighted by atomic mass is 16.2. The molecule has 3 fully saturated rings. The molecule has 132 valence electrons. The summed E-state index contributed by atoms with van der Waals surface area (Å²) >= 11 is 0. The molecule has 0 spiro atoms. The van der Waals surface area contributed by atoms with Gasteiger partial charge in [0.15, 0.2) is 6.54 Å². The van der Waals surface area contributed by atoms with Crippen LogP contribution in [0.15, 0.2) is 0 Å². The third-order valence-electron chi connectivity index (χ3n) is 7.60. The molecular formula is C19H37N3O+2. The highest BCUT2D eigenvalue weighted by Gasteiger charge is 2.60. The lowest BCUT2D eigenvalue weighted by Crippen LogP contribution is -3.15. The molecule has 1 amide bonds. The predicted molar refractivity (Wildman–Crippen MR) is 92.2 cm³/mol. The molecule has 4 N–H and O–H groups in total. The number of hydrogen-bond donors (Lipinski definition) is 3. The maximum absolute atomic E-state index is 12.5. The van der Waals surface area contributed by atoms with E-state index in [1.807, 2.05) is 0 Å². The molecular weight excluding hydrogens is 286 g/mol. The standard InChI is InChI=1S/C19H35N3O/c1-18(2)15-7-8-16(13-15)19(18,3)21-17(23)14-20-9-12-22-10-5-4-6-11-22/h15-16,20H,4-14H2,1-3H3,(H,21,23)/p+2/t15-,16+,19-/m1/s1. The van der Waals surface area contributed by atoms with Gasteiger partial charge in [0.1, 0.15) is 13.1 Å². The van der Waals surface area contributed by atoms with Gasteiger partial charge < -0.3 is 15.5 Å². The SMILES string of the molecule is CC1(C)[C@@H]2CC[C@@H](C2)[C@@]1(C)NC(=O)C[NH2+]CC[NH+]1CCCCC1. The first-order valence-corrected chi connectivity index (χ1v) is 9.90. The van der Waals surface area contributed by atoms with Crippen LogP contribution >= 0.6 is 0 Å². The summed E-state index contributed by atoms with van der Waals surface area (Å²) < 4.78 is 0. The lowest BCUT2D eigenvalue weighted by molar-refractivity contribution is -0.916. The fraction of sp³-hybridized carbons (Fsp3) is 0.947. The maximum atomic E-state index is 12.5. The van der Waals surface area contributed by atoms with E-state index in [1.165, 1.54) is 58.2 Å². The number of nitrogens with one attached hydrogen (secondary N) is 2. The number of carbonyl (C=O) groups is 1. The van der Waals surface area contributed by atoms with E-state index in [-0.39, 0.29) is 16.9 Å². The number of rotatable bonds is 6. The minimum absolute atomic E-state index is 0.00103. The number of hydrogen-bond acceptors (Lipinski definition) is 1. The van der Waals surface area contributed by atoms with Gasteiger partial charge in [-0.3, -0.25) is 4.79 Å². The summed E-state index contributed by atoms with van der Waals surface area (Å²) in [5.74, 6) is 1.72. The van der Waals surface area contributed by atoms with Crippen molar-refractivity contribution in [3.63, 3.8) is 0 Å². The molecule has 0 aromatic carbocycles. The van der Waals surface area contributed by atoms with Crippen LogP contribution in [-0.4, -0.2) is 44.2 Å². The van der Waals surface area contributed by atoms with Gasteiger partial charge in [0.05, 0.1) is 13.1 Å². The number of nitrogens with two attached hydrogens (primary N) is 1. The summed E-state index contributed by atoms with van der Waals surface area (Å²) in [6, 6.07) is 0. The van der Waals surface area contributed by atoms with Crippen LogP contribution in [0, 0.1) is 17.3 Å². The molecule has 3 rings (SSSR count). The third kappa shape index (κ3) is 3.30. The molecule has 2 bridgehead atoms. The van der Waals surface area contributed by atoms with Crippen LogP contribution in [0.2, 0.25) is 0 Å². The Bertz CT molecular complexity index is 430. The Kier molecular flexibility index (Phi) is 5.03. The molecule has 2 saturated carbocycles. The number of quaternary nitrogens is 2. The molecule has 0 aromatic rings. The number of likely N-dealkylation sites (tertiary alicyclic amines) is 1. The van der Waals surface area contributed by atoms with Gasteiger partial charge in [-0.25, -0.2) is 0 Å². The van der Waals surface area contributed by atoms with Crippen molar-refractivity contribution >= 4 is 5.91 Å². The minimum Gasteiger partial charge on any atom is -0.345 e. The summed E-state index contributed by atoms with van der Waals surface area (Å²) in [5.41, 5.74) is 0.239. The van der Waals surface area contributed by atoms with Gasteiger partial charge in [-0.05, 0) is 62.7 Å². The summed E-state index contributed by atoms with van der Waals surface area (Å²) in [5, 5.41) is 5.65. The zero-order chi connectivity index (χ0) is 16.5. The highest BCUT2D eigenvalue weighted by molar-refractivity contribution is 5.77. The average molecular weight is 324 g/mol. The van der Waals surface area contributed by atoms with E-state index >= 15 is 0 Å². The average Bonchev–Trinajstić information content (AvgIpc) is 3.08. The molecule has 23 heavy (non-hydrogen) atoms. The van der Waals surface area contributed by atoms with Gasteiger partial charge in [0.2, 0.25) is 0 Å². The molecule has 4 heteroatoms. The zero-order valence-corrected chi connectivity index (χ0v) is 15.4. The Morgan fingerprint density at radius 1 is 1.13 bits per heavy atom. The molecule has 4 nitrogen and oxygen atoms in total. The maximum Gasteiger partial charge on any atom is 0.275 e. The van der Waals surface area contributed by atoms with Crippen LogP contribution in [0.25, 0.3) is 0 Å². The number of fused-ring (bicyclic) bond motifs is 2. The Labute approximate surface area is 141 Å². The summed E-state index contributed by atoms with van der Waals surface area (Å²) in [7, 11) is 0. The van der Waals surface area contributed by atoms with Crippen molar-refractivity contribution in [1.82, 2.24) is 5.32 Å². The normalized spacial score (nSPS) is 36.3. The highest BCUT2D eigenvalue weighted by Crippen LogP contribution is 2.61. The first-order chi connectivity index (χ1) is 10.9. The zero-order valence-electron chi connectivity index (χ0n) is 15.4. The van der Waals surface area contributed by atoms with Crippen molar-refractivity contribution in [2.24, 2.45) is 17.3 Å². The van der Waals surface area contributed by atoms with Crippen LogP contribution in [0.3, 0.4) is 0 Å². The van der Waals surface area contributed by atoms with Crippen molar-refractivity contribution < 1.29 is 15.0 Å². The van der Waals surface area contributed by atoms with E-state index in [4.69, 9.17) is 0 Å². The van der Waals surface area contributed by atoms with Crippen molar-refractivity contribution in [3.05, 3.63) is 0 Å². The van der Waals surface area contributed by atoms with E-state index in [9.17, 15) is 4.79 Å². The molecule has 0 aromatic heterocycles. The third-order valence-corrected chi connectivity index (χ3v) is 7.60. The van der Waals surface area contributed by atoms with Gasteiger partial charge >= 0.3 is 0 Å². The summed E-state index contributed by atoms with van der Waals surface area (Å²) in [4.78, 5) is 14.2. The number of carbonyl (C=O) groups excluding carboxylic acids is 1. The van der Waals surface area contributed by atoms with Crippen LogP contribution in [0.4, 0.5) is 0 Å². The van der Waals surface area contributed by atoms with Crippen LogP contribution < -0.4 is 15.5 Å². The van der Waals surface area contributed by atoms with Crippen molar-refractivity contribution in [1.29, 1.82) is 0 Å². The smallest absolute Gasteiger partial charge is 0.275 e. The number of piperidine rings is 1. The lowest BCUT2D eigenvalue weighted by atomic mass is 9.64. The molecule has 3 atom stereocenters. The van der Waals surface area contributed by atoms with E-state index in [1.54, 1.807) is 4.90 Å². The van der Waals surface area contributed by atoms with Gasteiger partial charge in [-0.2, -0.15) is 0 Å². The molecule has 1 saturated heterocycles. The molecule has 0 radical (unpaired) electrons. The van der Waals surface area contributed by atoms with Crippen molar-refractivity contribution in [2.45, 2.75) is 64.8 Å². The van der Waals surface area contributed by atoms with E-state index < -0.39 is 0 Å². The first-order valence-electron chi connectivity index (χ1n) is 9.90. The van der Waals surface area contributed by atoms with Crippen molar-refractivity contribution in [2.75, 3.05) is 32.7 Å². The second kappa shape index (κ2) is 6.72. The minimum atomic E-state index is -0.00103. The van der Waals surface area contributed by atoms with E-state index in [2.05, 4.69) is 31.4 Å². The molecule has 1 heterocycles. The molecule has 0 unspecified atom stereocenters. The van der Waals surface area contributed by atoms with Crippen LogP contribution in [0.1, 0.15) is 59.3 Å². The molecule has 1 aliphatic heterocycles. The van der Waals surface area contributed by atoms with Crippen molar-refractivity contribution in [3.8, 4) is 0 Å². The van der Waals surface area contributed by atoms with E-state index in [0.717, 1.165) is 12.5 Å². The van der Waals surface area contributed by atoms with Crippen LogP contribution in [-0.2, 0) is 4.79 Å². The summed E-state index contributed by atoms with van der Waals surface area (Å²) in [6.07, 6.45) is 8.14. The van der Waals surface area contributed by atoms with Crippen LogP contribution in [0.5, 0.6) is 0 Å². The quantitative estimate of drug-likeness (QED) is 0.590. The largest absolute Gasteiger partial charge is 0.345 e. The van der Waals surface area contributed by atoms with E-state index in [0.29, 0.717) is 12.5 Å². The topological polar surface area (TPSA) is 50.1 Å². The second-order valence-electron chi connectivity index (χ2n) is 9.02. The fourth-order valence-electron chi connectivity index (χ4n) is 5.56. The monoisotopic (exact) mass is 323 g/mol. The van der Waals surface area contributed by atoms with Gasteiger partial charge in [-0.15, -0.1) is 0 Å². The second-order valence-corrected chi connectivity index (χ2v) is 9.02. The predicted octanol–water partition coefficient (Wildman–Crippen LogP) is -0.0504. The Morgan fingerprint density at radius 3 is 2.48 bits per heavy atom. The Balaban J connectivity index is 1.41. The van der Waals surface area contributed by atoms with Gasteiger partial charge in [-0.1, -0.05) is 13.8 Å². The molecule has 2 aliphatic carbocycles.